The maximum atomic E-state index is 12.5. The molecule has 1 aromatic heterocycles. The van der Waals surface area contributed by atoms with Crippen molar-refractivity contribution < 1.29 is 9.21 Å². The van der Waals surface area contributed by atoms with Crippen LogP contribution in [0, 0.1) is 0 Å². The average Bonchev–Trinajstić information content (AvgIpc) is 3.06. The summed E-state index contributed by atoms with van der Waals surface area (Å²) in [5.74, 6) is 0.0862. The van der Waals surface area contributed by atoms with Crippen molar-refractivity contribution in [3.63, 3.8) is 0 Å². The highest BCUT2D eigenvalue weighted by Gasteiger charge is 2.13. The van der Waals surface area contributed by atoms with Crippen LogP contribution < -0.4 is 5.32 Å². The van der Waals surface area contributed by atoms with E-state index in [1.807, 2.05) is 0 Å². The molecule has 4 nitrogen and oxygen atoms in total. The number of hydrogen-bond acceptors (Lipinski definition) is 3. The Morgan fingerprint density at radius 3 is 2.56 bits per heavy atom. The highest BCUT2D eigenvalue weighted by atomic mass is 35.5. The smallest absolute Gasteiger partial charge is 0.255 e. The molecule has 1 heterocycles. The number of fused-ring (bicyclic) bond motifs is 1. The van der Waals surface area contributed by atoms with Crippen molar-refractivity contribution in [2.24, 2.45) is 0 Å². The van der Waals surface area contributed by atoms with Crippen molar-refractivity contribution in [3.8, 4) is 11.5 Å². The first-order valence-electron chi connectivity index (χ1n) is 7.92. The Kier molecular flexibility index (Phi) is 4.79. The number of carbonyl (C=O) groups excluding carboxylic acids is 1. The molecule has 3 aromatic carbocycles. The zero-order valence-electron chi connectivity index (χ0n) is 13.7. The first-order chi connectivity index (χ1) is 13.0. The lowest BCUT2D eigenvalue weighted by Gasteiger charge is -2.09. The summed E-state index contributed by atoms with van der Waals surface area (Å²) in [5, 5.41) is 4.24. The van der Waals surface area contributed by atoms with Gasteiger partial charge in [0.25, 0.3) is 5.91 Å². The number of hydrogen-bond donors (Lipinski definition) is 1. The molecule has 0 atom stereocenters. The van der Waals surface area contributed by atoms with Crippen LogP contribution in [0.2, 0.25) is 15.1 Å². The van der Waals surface area contributed by atoms with Gasteiger partial charge in [0, 0.05) is 21.2 Å². The monoisotopic (exact) mass is 416 g/mol. The lowest BCUT2D eigenvalue weighted by atomic mass is 10.1. The number of halogens is 3. The van der Waals surface area contributed by atoms with E-state index in [2.05, 4.69) is 10.3 Å². The van der Waals surface area contributed by atoms with Gasteiger partial charge in [-0.25, -0.2) is 4.98 Å². The zero-order chi connectivity index (χ0) is 19.0. The minimum absolute atomic E-state index is 0.319. The Hall–Kier alpha value is -2.53. The first kappa shape index (κ1) is 17.9. The Balaban J connectivity index is 1.67. The number of aromatic nitrogens is 1. The standard InChI is InChI=1S/C20H11Cl3N2O2/c21-13-3-1-2-11(8-13)19(26)24-16-9-12(4-6-15(16)23)20-25-17-10-14(22)5-7-18(17)27-20/h1-10H,(H,24,26). The van der Waals surface area contributed by atoms with Crippen molar-refractivity contribution in [2.75, 3.05) is 5.32 Å². The largest absolute Gasteiger partial charge is 0.436 e. The Morgan fingerprint density at radius 1 is 0.926 bits per heavy atom. The molecule has 0 fully saturated rings. The molecule has 0 unspecified atom stereocenters. The maximum absolute atomic E-state index is 12.5. The van der Waals surface area contributed by atoms with E-state index in [1.54, 1.807) is 60.7 Å². The van der Waals surface area contributed by atoms with Gasteiger partial charge in [0.05, 0.1) is 10.7 Å². The van der Waals surface area contributed by atoms with Crippen molar-refractivity contribution >= 4 is 57.5 Å². The summed E-state index contributed by atoms with van der Waals surface area (Å²) in [4.78, 5) is 16.9. The predicted molar refractivity (Wildman–Crippen MR) is 109 cm³/mol. The molecule has 0 radical (unpaired) electrons. The molecule has 1 amide bonds. The van der Waals surface area contributed by atoms with E-state index >= 15 is 0 Å². The van der Waals surface area contributed by atoms with E-state index in [0.717, 1.165) is 0 Å². The third-order valence-corrected chi connectivity index (χ3v) is 4.70. The molecule has 0 aliphatic carbocycles. The lowest BCUT2D eigenvalue weighted by molar-refractivity contribution is 0.102. The third kappa shape index (κ3) is 3.78. The molecule has 7 heteroatoms. The van der Waals surface area contributed by atoms with Crippen molar-refractivity contribution in [1.29, 1.82) is 0 Å². The number of benzene rings is 3. The molecule has 27 heavy (non-hydrogen) atoms. The van der Waals surface area contributed by atoms with Gasteiger partial charge in [-0.05, 0) is 54.6 Å². The van der Waals surface area contributed by atoms with E-state index in [9.17, 15) is 4.79 Å². The normalized spacial score (nSPS) is 10.9. The molecular weight excluding hydrogens is 407 g/mol. The van der Waals surface area contributed by atoms with Gasteiger partial charge in [-0.1, -0.05) is 40.9 Å². The van der Waals surface area contributed by atoms with Crippen molar-refractivity contribution in [2.45, 2.75) is 0 Å². The molecular formula is C20H11Cl3N2O2. The molecule has 0 saturated carbocycles. The van der Waals surface area contributed by atoms with Crippen LogP contribution in [0.1, 0.15) is 10.4 Å². The van der Waals surface area contributed by atoms with E-state index in [4.69, 9.17) is 39.2 Å². The predicted octanol–water partition coefficient (Wildman–Crippen LogP) is 6.71. The Labute approximate surface area is 169 Å². The summed E-state index contributed by atoms with van der Waals surface area (Å²) in [6.07, 6.45) is 0. The van der Waals surface area contributed by atoms with Crippen LogP contribution in [0.3, 0.4) is 0 Å². The van der Waals surface area contributed by atoms with Gasteiger partial charge in [-0.3, -0.25) is 4.79 Å². The molecule has 134 valence electrons. The van der Waals surface area contributed by atoms with Crippen LogP contribution in [0.15, 0.2) is 65.1 Å². The van der Waals surface area contributed by atoms with Gasteiger partial charge in [-0.15, -0.1) is 0 Å². The molecule has 0 aliphatic rings. The summed E-state index contributed by atoms with van der Waals surface area (Å²) in [5.41, 5.74) is 2.82. The Morgan fingerprint density at radius 2 is 1.74 bits per heavy atom. The number of anilines is 1. The summed E-state index contributed by atoms with van der Waals surface area (Å²) in [6, 6.07) is 17.0. The fourth-order valence-electron chi connectivity index (χ4n) is 2.60. The summed E-state index contributed by atoms with van der Waals surface area (Å²) in [7, 11) is 0. The first-order valence-corrected chi connectivity index (χ1v) is 9.06. The SMILES string of the molecule is O=C(Nc1cc(-c2nc3cc(Cl)ccc3o2)ccc1Cl)c1cccc(Cl)c1. The number of oxazole rings is 1. The number of nitrogens with one attached hydrogen (secondary N) is 1. The zero-order valence-corrected chi connectivity index (χ0v) is 15.9. The van der Waals surface area contributed by atoms with Gasteiger partial charge >= 0.3 is 0 Å². The molecule has 0 aliphatic heterocycles. The molecule has 4 rings (SSSR count). The van der Waals surface area contributed by atoms with Crippen LogP contribution in [0.4, 0.5) is 5.69 Å². The van der Waals surface area contributed by atoms with Crippen LogP contribution in [0.25, 0.3) is 22.6 Å². The lowest BCUT2D eigenvalue weighted by Crippen LogP contribution is -2.12. The molecule has 0 bridgehead atoms. The number of amides is 1. The second-order valence-electron chi connectivity index (χ2n) is 5.79. The fraction of sp³-hybridized carbons (Fsp3) is 0. The van der Waals surface area contributed by atoms with Crippen molar-refractivity contribution in [1.82, 2.24) is 4.98 Å². The summed E-state index contributed by atoms with van der Waals surface area (Å²) in [6.45, 7) is 0. The van der Waals surface area contributed by atoms with Crippen molar-refractivity contribution in [3.05, 3.63) is 81.3 Å². The molecule has 0 saturated heterocycles. The minimum Gasteiger partial charge on any atom is -0.436 e. The van der Waals surface area contributed by atoms with Crippen LogP contribution in [-0.4, -0.2) is 10.9 Å². The summed E-state index contributed by atoms with van der Waals surface area (Å²) >= 11 is 18.2. The Bertz CT molecular complexity index is 1170. The fourth-order valence-corrected chi connectivity index (χ4v) is 3.12. The van der Waals surface area contributed by atoms with Crippen LogP contribution in [0.5, 0.6) is 0 Å². The second kappa shape index (κ2) is 7.24. The molecule has 4 aromatic rings. The van der Waals surface area contributed by atoms with Gasteiger partial charge < -0.3 is 9.73 Å². The van der Waals surface area contributed by atoms with E-state index in [1.165, 1.54) is 0 Å². The van der Waals surface area contributed by atoms with E-state index in [0.29, 0.717) is 48.9 Å². The average molecular weight is 418 g/mol. The number of carbonyl (C=O) groups is 1. The number of rotatable bonds is 3. The van der Waals surface area contributed by atoms with Gasteiger partial charge in [-0.2, -0.15) is 0 Å². The molecule has 1 N–H and O–H groups in total. The van der Waals surface area contributed by atoms with Crippen LogP contribution in [-0.2, 0) is 0 Å². The highest BCUT2D eigenvalue weighted by Crippen LogP contribution is 2.31. The third-order valence-electron chi connectivity index (χ3n) is 3.90. The quantitative estimate of drug-likeness (QED) is 0.403. The second-order valence-corrected chi connectivity index (χ2v) is 7.07. The molecule has 0 spiro atoms. The minimum atomic E-state index is -0.319. The maximum Gasteiger partial charge on any atom is 0.255 e. The number of nitrogens with zero attached hydrogens (tertiary/aromatic N) is 1. The van der Waals surface area contributed by atoms with E-state index in [-0.39, 0.29) is 5.91 Å². The van der Waals surface area contributed by atoms with Gasteiger partial charge in [0.1, 0.15) is 5.52 Å². The topological polar surface area (TPSA) is 55.1 Å². The highest BCUT2D eigenvalue weighted by molar-refractivity contribution is 6.34. The van der Waals surface area contributed by atoms with Gasteiger partial charge in [0.2, 0.25) is 5.89 Å². The summed E-state index contributed by atoms with van der Waals surface area (Å²) < 4.78 is 5.77. The van der Waals surface area contributed by atoms with E-state index < -0.39 is 0 Å². The van der Waals surface area contributed by atoms with Crippen LogP contribution >= 0.6 is 34.8 Å². The van der Waals surface area contributed by atoms with Gasteiger partial charge in [0.15, 0.2) is 5.58 Å².